The zero-order valence-corrected chi connectivity index (χ0v) is 8.19. The lowest BCUT2D eigenvalue weighted by Crippen LogP contribution is -2.22. The number of hydrogen-bond donors (Lipinski definition) is 1. The number of rotatable bonds is 4. The zero-order chi connectivity index (χ0) is 8.04. The average molecular weight is 207 g/mol. The van der Waals surface area contributed by atoms with Crippen molar-refractivity contribution >= 4 is 15.9 Å². The van der Waals surface area contributed by atoms with E-state index in [9.17, 15) is 5.11 Å². The van der Waals surface area contributed by atoms with E-state index in [1.54, 1.807) is 0 Å². The van der Waals surface area contributed by atoms with Gasteiger partial charge in [-0.3, -0.25) is 0 Å². The van der Waals surface area contributed by atoms with E-state index >= 15 is 0 Å². The molecule has 0 aromatic carbocycles. The third-order valence-corrected chi connectivity index (χ3v) is 2.12. The van der Waals surface area contributed by atoms with E-state index in [1.165, 1.54) is 0 Å². The lowest BCUT2D eigenvalue weighted by molar-refractivity contribution is 0.0827. The summed E-state index contributed by atoms with van der Waals surface area (Å²) in [7, 11) is 0. The molecule has 1 N–H and O–H groups in total. The summed E-state index contributed by atoms with van der Waals surface area (Å²) in [5.41, 5.74) is -0.576. The molecule has 0 saturated carbocycles. The van der Waals surface area contributed by atoms with Crippen LogP contribution in [0.25, 0.3) is 0 Å². The van der Waals surface area contributed by atoms with E-state index < -0.39 is 5.60 Å². The fourth-order valence-corrected chi connectivity index (χ4v) is 0.937. The number of hydrogen-bond acceptors (Lipinski definition) is 1. The highest BCUT2D eigenvalue weighted by Crippen LogP contribution is 2.15. The molecule has 0 amide bonds. The van der Waals surface area contributed by atoms with Crippen molar-refractivity contribution in [3.63, 3.8) is 0 Å². The molecule has 0 bridgehead atoms. The molecular weight excluding hydrogens is 192 g/mol. The Morgan fingerprint density at radius 3 is 2.20 bits per heavy atom. The second-order valence-electron chi connectivity index (χ2n) is 2.37. The topological polar surface area (TPSA) is 20.2 Å². The second kappa shape index (κ2) is 4.91. The summed E-state index contributed by atoms with van der Waals surface area (Å²) >= 11 is 3.26. The van der Waals surface area contributed by atoms with Gasteiger partial charge in [0.15, 0.2) is 0 Å². The Morgan fingerprint density at radius 1 is 1.40 bits per heavy atom. The maximum atomic E-state index is 9.65. The number of alkyl halides is 1. The lowest BCUT2D eigenvalue weighted by atomic mass is 9.97. The van der Waals surface area contributed by atoms with Crippen LogP contribution >= 0.6 is 15.9 Å². The van der Waals surface area contributed by atoms with Crippen LogP contribution in [0.15, 0.2) is 12.2 Å². The van der Waals surface area contributed by atoms with Crippen LogP contribution in [0.5, 0.6) is 0 Å². The molecule has 0 aliphatic rings. The molecule has 0 aromatic heterocycles. The molecule has 0 spiro atoms. The molecule has 60 valence electrons. The Morgan fingerprint density at radius 2 is 1.90 bits per heavy atom. The van der Waals surface area contributed by atoms with Gasteiger partial charge in [0.2, 0.25) is 0 Å². The van der Waals surface area contributed by atoms with E-state index in [1.807, 2.05) is 26.0 Å². The maximum Gasteiger partial charge on any atom is 0.0822 e. The average Bonchev–Trinajstić information content (AvgIpc) is 2.00. The molecule has 0 aliphatic carbocycles. The van der Waals surface area contributed by atoms with Gasteiger partial charge in [0.05, 0.1) is 5.60 Å². The molecule has 10 heavy (non-hydrogen) atoms. The summed E-state index contributed by atoms with van der Waals surface area (Å²) in [6.07, 6.45) is 5.37. The molecule has 0 radical (unpaired) electrons. The van der Waals surface area contributed by atoms with Gasteiger partial charge in [-0.1, -0.05) is 41.9 Å². The van der Waals surface area contributed by atoms with Crippen molar-refractivity contribution in [1.82, 2.24) is 0 Å². The largest absolute Gasteiger partial charge is 0.386 e. The first-order valence-corrected chi connectivity index (χ1v) is 4.76. The monoisotopic (exact) mass is 206 g/mol. The van der Waals surface area contributed by atoms with Crippen LogP contribution < -0.4 is 0 Å². The smallest absolute Gasteiger partial charge is 0.0822 e. The standard InChI is InChI=1S/C8H15BrO/c1-3-8(10,4-2)6-5-7-9/h5-6,10H,3-4,7H2,1-2H3. The quantitative estimate of drug-likeness (QED) is 0.554. The Hall–Kier alpha value is 0.180. The maximum absolute atomic E-state index is 9.65. The number of allylic oxidation sites excluding steroid dienone is 1. The lowest BCUT2D eigenvalue weighted by Gasteiger charge is -2.19. The molecule has 0 aromatic rings. The van der Waals surface area contributed by atoms with Crippen molar-refractivity contribution in [2.24, 2.45) is 0 Å². The van der Waals surface area contributed by atoms with Gasteiger partial charge in [0, 0.05) is 5.33 Å². The minimum atomic E-state index is -0.576. The van der Waals surface area contributed by atoms with Crippen LogP contribution in [0.3, 0.4) is 0 Å². The third kappa shape index (κ3) is 3.37. The molecule has 0 saturated heterocycles. The highest BCUT2D eigenvalue weighted by atomic mass is 79.9. The summed E-state index contributed by atoms with van der Waals surface area (Å²) < 4.78 is 0. The molecule has 0 heterocycles. The molecule has 1 nitrogen and oxygen atoms in total. The fourth-order valence-electron chi connectivity index (χ4n) is 0.750. The van der Waals surface area contributed by atoms with Crippen molar-refractivity contribution in [1.29, 1.82) is 0 Å². The van der Waals surface area contributed by atoms with Crippen molar-refractivity contribution in [2.45, 2.75) is 32.3 Å². The van der Waals surface area contributed by atoms with Crippen molar-refractivity contribution in [3.8, 4) is 0 Å². The highest BCUT2D eigenvalue weighted by molar-refractivity contribution is 9.09. The van der Waals surface area contributed by atoms with Gasteiger partial charge in [0.25, 0.3) is 0 Å². The number of aliphatic hydroxyl groups is 1. The normalized spacial score (nSPS) is 12.8. The minimum absolute atomic E-state index is 0.576. The van der Waals surface area contributed by atoms with E-state index in [-0.39, 0.29) is 0 Å². The molecule has 0 aliphatic heterocycles. The van der Waals surface area contributed by atoms with E-state index in [0.29, 0.717) is 0 Å². The SMILES string of the molecule is CCC(O)(C=CCBr)CC. The summed E-state index contributed by atoms with van der Waals surface area (Å²) in [5.74, 6) is 0. The fraction of sp³-hybridized carbons (Fsp3) is 0.750. The zero-order valence-electron chi connectivity index (χ0n) is 6.60. The van der Waals surface area contributed by atoms with Gasteiger partial charge >= 0.3 is 0 Å². The van der Waals surface area contributed by atoms with Crippen LogP contribution in [0.4, 0.5) is 0 Å². The molecule has 0 unspecified atom stereocenters. The Bertz CT molecular complexity index is 106. The third-order valence-electron chi connectivity index (χ3n) is 1.74. The Kier molecular flexibility index (Phi) is 5.00. The van der Waals surface area contributed by atoms with Crippen molar-refractivity contribution < 1.29 is 5.11 Å². The van der Waals surface area contributed by atoms with Gasteiger partial charge in [-0.2, -0.15) is 0 Å². The van der Waals surface area contributed by atoms with Gasteiger partial charge in [-0.15, -0.1) is 0 Å². The highest BCUT2D eigenvalue weighted by Gasteiger charge is 2.16. The van der Waals surface area contributed by atoms with Crippen LogP contribution in [0, 0.1) is 0 Å². The van der Waals surface area contributed by atoms with Gasteiger partial charge in [0.1, 0.15) is 0 Å². The van der Waals surface area contributed by atoms with E-state index in [4.69, 9.17) is 0 Å². The first kappa shape index (κ1) is 10.2. The van der Waals surface area contributed by atoms with Crippen LogP contribution in [-0.2, 0) is 0 Å². The van der Waals surface area contributed by atoms with Gasteiger partial charge in [-0.05, 0) is 12.8 Å². The molecule has 0 rings (SSSR count). The first-order chi connectivity index (χ1) is 4.68. The predicted octanol–water partition coefficient (Wildman–Crippen LogP) is 2.49. The predicted molar refractivity (Wildman–Crippen MR) is 48.5 cm³/mol. The van der Waals surface area contributed by atoms with E-state index in [2.05, 4.69) is 15.9 Å². The molecule has 2 heteroatoms. The Balaban J connectivity index is 3.92. The summed E-state index contributed by atoms with van der Waals surface area (Å²) in [4.78, 5) is 0. The molecule has 0 atom stereocenters. The molecule has 0 fully saturated rings. The van der Waals surface area contributed by atoms with Crippen LogP contribution in [0.1, 0.15) is 26.7 Å². The number of halogens is 1. The van der Waals surface area contributed by atoms with Crippen LogP contribution in [-0.4, -0.2) is 16.0 Å². The summed E-state index contributed by atoms with van der Waals surface area (Å²) in [5, 5.41) is 10.5. The summed E-state index contributed by atoms with van der Waals surface area (Å²) in [6.45, 7) is 3.98. The summed E-state index contributed by atoms with van der Waals surface area (Å²) in [6, 6.07) is 0. The minimum Gasteiger partial charge on any atom is -0.386 e. The van der Waals surface area contributed by atoms with E-state index in [0.717, 1.165) is 18.2 Å². The van der Waals surface area contributed by atoms with Gasteiger partial charge < -0.3 is 5.11 Å². The first-order valence-electron chi connectivity index (χ1n) is 3.64. The van der Waals surface area contributed by atoms with Crippen LogP contribution in [0.2, 0.25) is 0 Å². The van der Waals surface area contributed by atoms with Gasteiger partial charge in [-0.25, -0.2) is 0 Å². The van der Waals surface area contributed by atoms with Crippen molar-refractivity contribution in [3.05, 3.63) is 12.2 Å². The Labute approximate surface area is 71.3 Å². The molecular formula is C8H15BrO. The second-order valence-corrected chi connectivity index (χ2v) is 3.01. The van der Waals surface area contributed by atoms with Crippen molar-refractivity contribution in [2.75, 3.05) is 5.33 Å².